The van der Waals surface area contributed by atoms with E-state index in [1.807, 2.05) is 32.4 Å². The van der Waals surface area contributed by atoms with Crippen LogP contribution in [0, 0.1) is 0 Å². The topological polar surface area (TPSA) is 42.3 Å². The van der Waals surface area contributed by atoms with Crippen molar-refractivity contribution in [1.29, 1.82) is 0 Å². The van der Waals surface area contributed by atoms with Crippen LogP contribution < -0.4 is 14.8 Å². The van der Waals surface area contributed by atoms with Gasteiger partial charge < -0.3 is 15.2 Å². The molecule has 0 bridgehead atoms. The Balaban J connectivity index is 0.000000507. The molecule has 0 radical (unpaired) electrons. The van der Waals surface area contributed by atoms with E-state index in [4.69, 9.17) is 15.2 Å². The first kappa shape index (κ1) is 42.0. The first-order chi connectivity index (χ1) is 23.7. The molecule has 0 amide bonds. The Hall–Kier alpha value is -1.40. The van der Waals surface area contributed by atoms with Gasteiger partial charge in [0.25, 0.3) is 0 Å². The van der Waals surface area contributed by atoms with Gasteiger partial charge in [-0.25, -0.2) is 0 Å². The minimum Gasteiger partial charge on any atom is -0.677 e. The van der Waals surface area contributed by atoms with Crippen LogP contribution in [-0.2, 0) is 24.6 Å². The summed E-state index contributed by atoms with van der Waals surface area (Å²) in [4.78, 5) is 0. The third-order valence-corrected chi connectivity index (χ3v) is 13.9. The number of hydrogen-bond donors (Lipinski definition) is 0. The molecule has 3 aromatic rings. The zero-order valence-electron chi connectivity index (χ0n) is 31.5. The zero-order chi connectivity index (χ0) is 35.9. The maximum absolute atomic E-state index is 6.94. The molecule has 0 unspecified atom stereocenters. The Morgan fingerprint density at radius 1 is 0.673 bits per heavy atom. The van der Waals surface area contributed by atoms with Crippen molar-refractivity contribution < 1.29 is 27.7 Å². The minimum atomic E-state index is -0.373. The quantitative estimate of drug-likeness (QED) is 0.143. The maximum atomic E-state index is 6.94. The fourth-order valence-electron chi connectivity index (χ4n) is 7.80. The van der Waals surface area contributed by atoms with Crippen LogP contribution in [0.5, 0.6) is 11.5 Å². The van der Waals surface area contributed by atoms with Gasteiger partial charge in [-0.2, -0.15) is 0 Å². The van der Waals surface area contributed by atoms with Gasteiger partial charge in [0.1, 0.15) is 11.5 Å². The molecule has 2 aliphatic carbocycles. The van der Waals surface area contributed by atoms with Gasteiger partial charge in [0.2, 0.25) is 0 Å². The molecule has 2 fully saturated rings. The van der Waals surface area contributed by atoms with E-state index in [1.54, 1.807) is 0 Å². The van der Waals surface area contributed by atoms with Crippen LogP contribution in [0.1, 0.15) is 146 Å². The van der Waals surface area contributed by atoms with E-state index in [2.05, 4.69) is 106 Å². The van der Waals surface area contributed by atoms with Gasteiger partial charge in [-0.3, -0.25) is 0 Å². The molecule has 2 saturated carbocycles. The monoisotopic (exact) mass is 797 g/mol. The van der Waals surface area contributed by atoms with Gasteiger partial charge in [-0.15, -0.1) is 6.54 Å². The van der Waals surface area contributed by atoms with E-state index in [-0.39, 0.29) is 7.92 Å². The van der Waals surface area contributed by atoms with Gasteiger partial charge >= 0.3 is 27.7 Å². The Labute approximate surface area is 316 Å². The summed E-state index contributed by atoms with van der Waals surface area (Å²) >= 11 is 2.22. The summed E-state index contributed by atoms with van der Waals surface area (Å²) in [5.41, 5.74) is 17.0. The largest absolute Gasteiger partial charge is 0.677 e. The molecule has 6 heteroatoms. The Morgan fingerprint density at radius 3 is 1.55 bits per heavy atom. The Morgan fingerprint density at radius 2 is 1.14 bits per heavy atom. The Bertz CT molecular complexity index is 1340. The maximum Gasteiger partial charge on any atom is -0.0470 e. The van der Waals surface area contributed by atoms with Gasteiger partial charge in [0.05, 0.1) is 14.2 Å². The third kappa shape index (κ3) is 11.3. The molecule has 0 aromatic heterocycles. The van der Waals surface area contributed by atoms with Gasteiger partial charge in [-0.05, 0) is 101 Å². The molecule has 0 aliphatic heterocycles. The van der Waals surface area contributed by atoms with Crippen LogP contribution in [0.25, 0.3) is 16.9 Å². The molecule has 274 valence electrons. The van der Waals surface area contributed by atoms with Crippen LogP contribution in [0.3, 0.4) is 0 Å². The minimum absolute atomic E-state index is 0.373. The summed E-state index contributed by atoms with van der Waals surface area (Å²) in [6.45, 7) is 14.6. The number of halogens is 1. The number of ether oxygens (including phenoxy) is 2. The molecule has 3 nitrogen and oxygen atoms in total. The van der Waals surface area contributed by atoms with Crippen LogP contribution in [0.4, 0.5) is 0 Å². The second-order valence-corrected chi connectivity index (χ2v) is 17.4. The van der Waals surface area contributed by atoms with Crippen LogP contribution in [0.2, 0.25) is 0 Å². The summed E-state index contributed by atoms with van der Waals surface area (Å²) in [5.74, 6) is 3.50. The Kier molecular flexibility index (Phi) is 18.7. The number of hydrogen-bond acceptors (Lipinski definition) is 2. The van der Waals surface area contributed by atoms with Crippen molar-refractivity contribution in [2.75, 3.05) is 20.8 Å². The molecule has 0 atom stereocenters. The fraction of sp³-hybridized carbons (Fsp3) is 0.581. The predicted molar refractivity (Wildman–Crippen MR) is 213 cm³/mol. The molecule has 5 rings (SSSR count). The number of benzene rings is 3. The number of rotatable bonds is 11. The summed E-state index contributed by atoms with van der Waals surface area (Å²) in [6.07, 6.45) is 14.7. The van der Waals surface area contributed by atoms with E-state index < -0.39 is 0 Å². The van der Waals surface area contributed by atoms with Gasteiger partial charge in [-0.1, -0.05) is 130 Å². The van der Waals surface area contributed by atoms with Crippen molar-refractivity contribution >= 4 is 22.8 Å². The standard InChI is InChI=1S/C35H53O2P.C8H10N.ClH.Pd/c1-23(2)26-21-29(24(3)4)33(30(22-26)25(5)6)34-31(36-7)19-20-32(37-8)35(34)38(27-15-11-9-12-16-27)28-17-13-10-14-18-28;9-7-6-8-4-2-1-3-5-8;;/h19-25,27-28H,9-18H2,1-8H3;1-5,9H,6-7H2;1H;/q;-1;;+2/p-1. The van der Waals surface area contributed by atoms with Crippen molar-refractivity contribution in [3.63, 3.8) is 0 Å². The van der Waals surface area contributed by atoms with Gasteiger partial charge in [0, 0.05) is 10.9 Å². The van der Waals surface area contributed by atoms with E-state index in [0.29, 0.717) is 24.3 Å². The summed E-state index contributed by atoms with van der Waals surface area (Å²) in [7, 11) is 7.87. The molecule has 3 aromatic carbocycles. The van der Waals surface area contributed by atoms with Crippen molar-refractivity contribution in [1.82, 2.24) is 0 Å². The fourth-order valence-corrected chi connectivity index (χ4v) is 11.9. The molecule has 0 saturated heterocycles. The van der Waals surface area contributed by atoms with E-state index >= 15 is 0 Å². The summed E-state index contributed by atoms with van der Waals surface area (Å²) in [6, 6.07) is 19.5. The summed E-state index contributed by atoms with van der Waals surface area (Å²) in [5, 5.41) is 1.52. The average molecular weight is 799 g/mol. The summed E-state index contributed by atoms with van der Waals surface area (Å²) < 4.78 is 12.6. The predicted octanol–water partition coefficient (Wildman–Crippen LogP) is 13.5. The molecular formula is C43H63ClNO2PPd. The zero-order valence-corrected chi connectivity index (χ0v) is 34.7. The van der Waals surface area contributed by atoms with Crippen LogP contribution >= 0.6 is 17.5 Å². The second-order valence-electron chi connectivity index (χ2n) is 14.7. The van der Waals surface area contributed by atoms with Crippen LogP contribution in [-0.4, -0.2) is 32.1 Å². The number of methoxy groups -OCH3 is 2. The van der Waals surface area contributed by atoms with Gasteiger partial charge in [0.15, 0.2) is 0 Å². The first-order valence-corrected chi connectivity index (χ1v) is 22.2. The average Bonchev–Trinajstić information content (AvgIpc) is 3.13. The smallest absolute Gasteiger partial charge is 0.0470 e. The first-order valence-electron chi connectivity index (χ1n) is 18.7. The molecule has 2 aliphatic rings. The van der Waals surface area contributed by atoms with E-state index in [0.717, 1.165) is 29.2 Å². The molecule has 1 N–H and O–H groups in total. The molecular weight excluding hydrogens is 735 g/mol. The normalized spacial score (nSPS) is 15.6. The SMILES string of the molecule is COc1ccc(OC)c(P(C2CCCCC2)C2CCCCC2)c1-c1c(C(C)C)cc(C(C)C)cc1C(C)C.[Cl][Pd+].[NH-]CCc1ccccc1. The van der Waals surface area contributed by atoms with Crippen molar-refractivity contribution in [2.24, 2.45) is 0 Å². The van der Waals surface area contributed by atoms with Crippen molar-refractivity contribution in [3.05, 3.63) is 82.6 Å². The number of nitrogens with one attached hydrogen (secondary N) is 1. The van der Waals surface area contributed by atoms with E-state index in [9.17, 15) is 0 Å². The molecule has 49 heavy (non-hydrogen) atoms. The molecule has 0 heterocycles. The van der Waals surface area contributed by atoms with Crippen molar-refractivity contribution in [2.45, 2.75) is 141 Å². The second kappa shape index (κ2) is 21.8. The third-order valence-electron chi connectivity index (χ3n) is 10.4. The van der Waals surface area contributed by atoms with Crippen molar-refractivity contribution in [3.8, 4) is 22.6 Å². The van der Waals surface area contributed by atoms with Crippen LogP contribution in [0.15, 0.2) is 54.6 Å². The molecule has 0 spiro atoms. The van der Waals surface area contributed by atoms with E-state index in [1.165, 1.54) is 103 Å².